The Morgan fingerprint density at radius 1 is 1.71 bits per heavy atom. The fourth-order valence-electron chi connectivity index (χ4n) is 0.257. The summed E-state index contributed by atoms with van der Waals surface area (Å²) in [5.41, 5.74) is 0. The van der Waals surface area contributed by atoms with E-state index in [0.29, 0.717) is 0 Å². The van der Waals surface area contributed by atoms with E-state index < -0.39 is 0 Å². The van der Waals surface area contributed by atoms with Crippen LogP contribution in [0.5, 0.6) is 0 Å². The van der Waals surface area contributed by atoms with Gasteiger partial charge in [-0.1, -0.05) is 13.8 Å². The van der Waals surface area contributed by atoms with E-state index in [1.54, 1.807) is 7.05 Å². The lowest BCUT2D eigenvalue weighted by atomic mass is 10.3. The van der Waals surface area contributed by atoms with Gasteiger partial charge in [-0.05, 0) is 19.5 Å². The van der Waals surface area contributed by atoms with E-state index in [0.717, 1.165) is 11.5 Å². The Morgan fingerprint density at radius 3 is 2.14 bits per heavy atom. The molecule has 0 N–H and O–H groups in total. The molecule has 0 bridgehead atoms. The smallest absolute Gasteiger partial charge is 0.00597 e. The van der Waals surface area contributed by atoms with Gasteiger partial charge in [0.25, 0.3) is 0 Å². The fraction of sp³-hybridized carbons (Fsp3) is 1.00. The Balaban J connectivity index is 3.14. The Labute approximate surface area is 44.7 Å². The van der Waals surface area contributed by atoms with Gasteiger partial charge in [0.2, 0.25) is 0 Å². The van der Waals surface area contributed by atoms with E-state index in [-0.39, 0.29) is 6.04 Å². The van der Waals surface area contributed by atoms with E-state index >= 15 is 0 Å². The highest BCUT2D eigenvalue weighted by Gasteiger charge is 1.91. The van der Waals surface area contributed by atoms with Crippen LogP contribution in [0.1, 0.15) is 20.3 Å². The molecule has 0 saturated heterocycles. The SMILES string of the molecule is CCC(C)N(C)[O-]. The van der Waals surface area contributed by atoms with Gasteiger partial charge in [0.05, 0.1) is 0 Å². The van der Waals surface area contributed by atoms with Crippen molar-refractivity contribution in [2.75, 3.05) is 7.05 Å². The van der Waals surface area contributed by atoms with Crippen molar-refractivity contribution < 1.29 is 0 Å². The third kappa shape index (κ3) is 2.60. The van der Waals surface area contributed by atoms with Gasteiger partial charge in [0.1, 0.15) is 0 Å². The second-order valence-electron chi connectivity index (χ2n) is 1.80. The van der Waals surface area contributed by atoms with Crippen LogP contribution in [-0.2, 0) is 0 Å². The first-order chi connectivity index (χ1) is 3.18. The van der Waals surface area contributed by atoms with Gasteiger partial charge in [-0.15, -0.1) is 0 Å². The third-order valence-electron chi connectivity index (χ3n) is 1.21. The van der Waals surface area contributed by atoms with E-state index in [1.807, 2.05) is 13.8 Å². The lowest BCUT2D eigenvalue weighted by molar-refractivity contribution is 0.345. The Kier molecular flexibility index (Phi) is 2.96. The first-order valence-corrected chi connectivity index (χ1v) is 2.58. The van der Waals surface area contributed by atoms with Crippen LogP contribution in [0, 0.1) is 5.21 Å². The summed E-state index contributed by atoms with van der Waals surface area (Å²) in [6.45, 7) is 3.91. The predicted octanol–water partition coefficient (Wildman–Crippen LogP) is 1.21. The minimum Gasteiger partial charge on any atom is -0.785 e. The molecule has 7 heavy (non-hydrogen) atoms. The maximum atomic E-state index is 10.3. The summed E-state index contributed by atoms with van der Waals surface area (Å²) in [6, 6.07) is 0.181. The average molecular weight is 102 g/mol. The molecule has 2 heteroatoms. The Hall–Kier alpha value is -0.0800. The molecule has 0 aromatic carbocycles. The molecular formula is C5H12NO-. The summed E-state index contributed by atoms with van der Waals surface area (Å²) < 4.78 is 0. The first-order valence-electron chi connectivity index (χ1n) is 2.58. The quantitative estimate of drug-likeness (QED) is 0.490. The highest BCUT2D eigenvalue weighted by molar-refractivity contribution is 4.58. The normalized spacial score (nSPS) is 15.0. The molecule has 1 unspecified atom stereocenters. The number of hydroxylamine groups is 2. The van der Waals surface area contributed by atoms with Crippen molar-refractivity contribution in [1.29, 1.82) is 0 Å². The van der Waals surface area contributed by atoms with Crippen molar-refractivity contribution in [2.45, 2.75) is 26.3 Å². The molecule has 44 valence electrons. The Bertz CT molecular complexity index is 45.3. The minimum absolute atomic E-state index is 0.181. The van der Waals surface area contributed by atoms with Gasteiger partial charge in [-0.3, -0.25) is 0 Å². The first kappa shape index (κ1) is 6.92. The maximum absolute atomic E-state index is 10.3. The van der Waals surface area contributed by atoms with Crippen molar-refractivity contribution in [1.82, 2.24) is 5.06 Å². The standard InChI is InChI=1S/C5H12NO/c1-4-5(2)6(3)7/h5H,4H2,1-3H3/q-1. The molecule has 0 aromatic rings. The zero-order valence-electron chi connectivity index (χ0n) is 5.14. The highest BCUT2D eigenvalue weighted by atomic mass is 16.5. The summed E-state index contributed by atoms with van der Waals surface area (Å²) in [5, 5.41) is 11.3. The Morgan fingerprint density at radius 2 is 2.14 bits per heavy atom. The van der Waals surface area contributed by atoms with E-state index in [2.05, 4.69) is 0 Å². The van der Waals surface area contributed by atoms with Gasteiger partial charge in [-0.25, -0.2) is 0 Å². The summed E-state index contributed by atoms with van der Waals surface area (Å²) in [6.07, 6.45) is 0.931. The highest BCUT2D eigenvalue weighted by Crippen LogP contribution is 1.95. The van der Waals surface area contributed by atoms with Crippen LogP contribution in [0.15, 0.2) is 0 Å². The molecule has 0 amide bonds. The zero-order chi connectivity index (χ0) is 5.86. The largest absolute Gasteiger partial charge is 0.785 e. The summed E-state index contributed by atoms with van der Waals surface area (Å²) >= 11 is 0. The zero-order valence-corrected chi connectivity index (χ0v) is 5.14. The van der Waals surface area contributed by atoms with Crippen LogP contribution in [0.25, 0.3) is 0 Å². The van der Waals surface area contributed by atoms with Gasteiger partial charge in [0, 0.05) is 0 Å². The van der Waals surface area contributed by atoms with E-state index in [1.165, 1.54) is 0 Å². The molecule has 0 heterocycles. The van der Waals surface area contributed by atoms with Crippen LogP contribution in [0.3, 0.4) is 0 Å². The van der Waals surface area contributed by atoms with Gasteiger partial charge in [-0.2, -0.15) is 0 Å². The van der Waals surface area contributed by atoms with E-state index in [4.69, 9.17) is 0 Å². The molecule has 0 aromatic heterocycles. The molecule has 0 spiro atoms. The molecule has 0 aliphatic carbocycles. The maximum Gasteiger partial charge on any atom is -0.00597 e. The second kappa shape index (κ2) is 2.99. The summed E-state index contributed by atoms with van der Waals surface area (Å²) in [7, 11) is 1.55. The van der Waals surface area contributed by atoms with Crippen molar-refractivity contribution in [3.8, 4) is 0 Å². The lowest BCUT2D eigenvalue weighted by Gasteiger charge is -2.28. The van der Waals surface area contributed by atoms with Crippen LogP contribution in [-0.4, -0.2) is 18.2 Å². The molecular weight excluding hydrogens is 90.1 g/mol. The molecule has 2 nitrogen and oxygen atoms in total. The van der Waals surface area contributed by atoms with Crippen LogP contribution in [0.4, 0.5) is 0 Å². The monoisotopic (exact) mass is 102 g/mol. The second-order valence-corrected chi connectivity index (χ2v) is 1.80. The fourth-order valence-corrected chi connectivity index (χ4v) is 0.257. The number of rotatable bonds is 2. The molecule has 1 atom stereocenters. The van der Waals surface area contributed by atoms with Crippen LogP contribution in [0.2, 0.25) is 0 Å². The number of nitrogens with zero attached hydrogens (tertiary/aromatic N) is 1. The predicted molar refractivity (Wildman–Crippen MR) is 30.9 cm³/mol. The van der Waals surface area contributed by atoms with Gasteiger partial charge < -0.3 is 10.3 Å². The van der Waals surface area contributed by atoms with Crippen molar-refractivity contribution in [3.63, 3.8) is 0 Å². The van der Waals surface area contributed by atoms with Crippen molar-refractivity contribution in [3.05, 3.63) is 5.21 Å². The average Bonchev–Trinajstić information content (AvgIpc) is 1.65. The molecule has 0 aliphatic rings. The van der Waals surface area contributed by atoms with Gasteiger partial charge >= 0.3 is 0 Å². The lowest BCUT2D eigenvalue weighted by Crippen LogP contribution is -2.21. The van der Waals surface area contributed by atoms with Crippen molar-refractivity contribution in [2.24, 2.45) is 0 Å². The molecule has 0 radical (unpaired) electrons. The molecule has 0 rings (SSSR count). The van der Waals surface area contributed by atoms with Gasteiger partial charge in [0.15, 0.2) is 0 Å². The minimum atomic E-state index is 0.181. The summed E-state index contributed by atoms with van der Waals surface area (Å²) in [5.74, 6) is 0. The van der Waals surface area contributed by atoms with Crippen LogP contribution < -0.4 is 0 Å². The molecule has 0 aliphatic heterocycles. The topological polar surface area (TPSA) is 26.3 Å². The number of hydrogen-bond donors (Lipinski definition) is 0. The van der Waals surface area contributed by atoms with E-state index in [9.17, 15) is 5.21 Å². The van der Waals surface area contributed by atoms with Crippen molar-refractivity contribution >= 4 is 0 Å². The third-order valence-corrected chi connectivity index (χ3v) is 1.21. The number of hydrogen-bond acceptors (Lipinski definition) is 2. The molecule has 0 fully saturated rings. The molecule has 0 saturated carbocycles. The van der Waals surface area contributed by atoms with Crippen LogP contribution >= 0.6 is 0 Å². The summed E-state index contributed by atoms with van der Waals surface area (Å²) in [4.78, 5) is 0.